The molecule has 1 amide bonds. The van der Waals surface area contributed by atoms with E-state index in [1.165, 1.54) is 0 Å². The largest absolute Gasteiger partial charge is 0.479 e. The molecule has 0 unspecified atom stereocenters. The highest BCUT2D eigenvalue weighted by molar-refractivity contribution is 5.94. The van der Waals surface area contributed by atoms with Gasteiger partial charge in [0, 0.05) is 17.1 Å². The maximum atomic E-state index is 11.8. The number of benzene rings is 2. The quantitative estimate of drug-likeness (QED) is 0.753. The fourth-order valence-corrected chi connectivity index (χ4v) is 2.24. The first-order chi connectivity index (χ1) is 11.8. The first-order valence-corrected chi connectivity index (χ1v) is 7.60. The minimum atomic E-state index is -0.135. The third kappa shape index (κ3) is 3.90. The van der Waals surface area contributed by atoms with Crippen molar-refractivity contribution in [1.29, 1.82) is 0 Å². The number of ether oxygens (including phenoxy) is 1. The van der Waals surface area contributed by atoms with Crippen LogP contribution in [-0.4, -0.2) is 24.0 Å². The molecular formula is C20H16N2O2. The Hall–Kier alpha value is -3.32. The van der Waals surface area contributed by atoms with E-state index in [4.69, 9.17) is 4.74 Å². The lowest BCUT2D eigenvalue weighted by Crippen LogP contribution is -2.23. The van der Waals surface area contributed by atoms with Gasteiger partial charge in [0.25, 0.3) is 5.91 Å². The second kappa shape index (κ2) is 7.80. The normalized spacial score (nSPS) is 9.83. The summed E-state index contributed by atoms with van der Waals surface area (Å²) >= 11 is 0. The molecular weight excluding hydrogens is 300 g/mol. The van der Waals surface area contributed by atoms with Gasteiger partial charge in [-0.3, -0.25) is 9.78 Å². The number of carbonyl (C=O) groups excluding carboxylic acids is 1. The summed E-state index contributed by atoms with van der Waals surface area (Å²) in [6.45, 7) is 0.530. The van der Waals surface area contributed by atoms with Gasteiger partial charge < -0.3 is 10.1 Å². The molecule has 0 aliphatic carbocycles. The van der Waals surface area contributed by atoms with E-state index in [0.29, 0.717) is 11.3 Å². The molecule has 2 aromatic carbocycles. The fraction of sp³-hybridized carbons (Fsp3) is 0.100. The van der Waals surface area contributed by atoms with Crippen LogP contribution < -0.4 is 10.1 Å². The van der Waals surface area contributed by atoms with Crippen LogP contribution in [0.25, 0.3) is 10.9 Å². The predicted octanol–water partition coefficient (Wildman–Crippen LogP) is 3.05. The molecule has 1 N–H and O–H groups in total. The Labute approximate surface area is 140 Å². The average Bonchev–Trinajstić information content (AvgIpc) is 2.65. The Kier molecular flexibility index (Phi) is 5.06. The molecule has 0 saturated carbocycles. The van der Waals surface area contributed by atoms with Crippen LogP contribution >= 0.6 is 0 Å². The number of aromatic nitrogens is 1. The molecule has 0 radical (unpaired) electrons. The molecule has 0 fully saturated rings. The number of nitrogens with zero attached hydrogens (tertiary/aromatic N) is 1. The summed E-state index contributed by atoms with van der Waals surface area (Å²) in [7, 11) is 0. The van der Waals surface area contributed by atoms with E-state index >= 15 is 0 Å². The van der Waals surface area contributed by atoms with Crippen molar-refractivity contribution in [1.82, 2.24) is 10.3 Å². The minimum Gasteiger partial charge on any atom is -0.479 e. The van der Waals surface area contributed by atoms with E-state index in [2.05, 4.69) is 22.1 Å². The molecule has 0 aliphatic heterocycles. The number of hydrogen-bond acceptors (Lipinski definition) is 3. The molecule has 0 bridgehead atoms. The molecule has 1 aromatic heterocycles. The topological polar surface area (TPSA) is 51.2 Å². The van der Waals surface area contributed by atoms with Crippen LogP contribution in [0.2, 0.25) is 0 Å². The Morgan fingerprint density at radius 3 is 2.71 bits per heavy atom. The number of hydrogen-bond donors (Lipinski definition) is 1. The van der Waals surface area contributed by atoms with Gasteiger partial charge in [-0.05, 0) is 24.3 Å². The van der Waals surface area contributed by atoms with Crippen LogP contribution in [0.4, 0.5) is 0 Å². The zero-order valence-electron chi connectivity index (χ0n) is 13.0. The van der Waals surface area contributed by atoms with Crippen LogP contribution in [0.5, 0.6) is 5.75 Å². The maximum absolute atomic E-state index is 11.8. The number of amides is 1. The minimum absolute atomic E-state index is 0.135. The van der Waals surface area contributed by atoms with Crippen molar-refractivity contribution in [2.75, 3.05) is 13.2 Å². The van der Waals surface area contributed by atoms with Gasteiger partial charge in [-0.15, -0.1) is 0 Å². The van der Waals surface area contributed by atoms with Crippen LogP contribution in [-0.2, 0) is 0 Å². The first-order valence-electron chi connectivity index (χ1n) is 7.60. The highest BCUT2D eigenvalue weighted by Gasteiger charge is 2.02. The molecule has 0 spiro atoms. The number of fused-ring (bicyclic) bond motifs is 1. The van der Waals surface area contributed by atoms with E-state index in [9.17, 15) is 4.79 Å². The van der Waals surface area contributed by atoms with Crippen molar-refractivity contribution in [3.05, 3.63) is 72.4 Å². The van der Waals surface area contributed by atoms with E-state index in [1.807, 2.05) is 48.5 Å². The second-order valence-electron chi connectivity index (χ2n) is 5.02. The smallest absolute Gasteiger partial charge is 0.252 e. The lowest BCUT2D eigenvalue weighted by Gasteiger charge is -2.05. The van der Waals surface area contributed by atoms with Crippen molar-refractivity contribution in [3.8, 4) is 17.6 Å². The second-order valence-corrected chi connectivity index (χ2v) is 5.02. The number of para-hydroxylation sites is 1. The van der Waals surface area contributed by atoms with Crippen molar-refractivity contribution in [3.63, 3.8) is 0 Å². The van der Waals surface area contributed by atoms with Gasteiger partial charge in [0.2, 0.25) is 0 Å². The van der Waals surface area contributed by atoms with Crippen molar-refractivity contribution < 1.29 is 9.53 Å². The van der Waals surface area contributed by atoms with Gasteiger partial charge in [-0.1, -0.05) is 48.2 Å². The standard InChI is InChI=1S/C20H16N2O2/c23-20(17-8-2-1-3-9-17)22-13-4-5-15-24-18-12-6-10-16-11-7-14-21-19(16)18/h1-3,6-12,14H,13,15H2,(H,22,23). The highest BCUT2D eigenvalue weighted by Crippen LogP contribution is 2.22. The van der Waals surface area contributed by atoms with Crippen molar-refractivity contribution >= 4 is 16.8 Å². The monoisotopic (exact) mass is 316 g/mol. The first kappa shape index (κ1) is 15.6. The Morgan fingerprint density at radius 1 is 1.00 bits per heavy atom. The molecule has 3 rings (SSSR count). The number of pyridine rings is 1. The van der Waals surface area contributed by atoms with Gasteiger partial charge in [-0.2, -0.15) is 0 Å². The number of nitrogens with one attached hydrogen (secondary N) is 1. The van der Waals surface area contributed by atoms with E-state index in [1.54, 1.807) is 18.3 Å². The zero-order chi connectivity index (χ0) is 16.6. The molecule has 118 valence electrons. The summed E-state index contributed by atoms with van der Waals surface area (Å²) in [5.74, 6) is 6.34. The van der Waals surface area contributed by atoms with E-state index in [0.717, 1.165) is 10.9 Å². The van der Waals surface area contributed by atoms with Crippen LogP contribution in [0.15, 0.2) is 66.9 Å². The van der Waals surface area contributed by atoms with Crippen LogP contribution in [0.1, 0.15) is 10.4 Å². The lowest BCUT2D eigenvalue weighted by molar-refractivity contribution is 0.0958. The van der Waals surface area contributed by atoms with Crippen molar-refractivity contribution in [2.45, 2.75) is 0 Å². The van der Waals surface area contributed by atoms with Gasteiger partial charge in [0.15, 0.2) is 0 Å². The van der Waals surface area contributed by atoms with Gasteiger partial charge in [0.1, 0.15) is 17.9 Å². The summed E-state index contributed by atoms with van der Waals surface area (Å²) < 4.78 is 5.66. The van der Waals surface area contributed by atoms with Crippen molar-refractivity contribution in [2.24, 2.45) is 0 Å². The summed E-state index contributed by atoms with van der Waals surface area (Å²) in [6, 6.07) is 18.7. The van der Waals surface area contributed by atoms with Gasteiger partial charge in [-0.25, -0.2) is 0 Å². The number of carbonyl (C=O) groups is 1. The maximum Gasteiger partial charge on any atom is 0.252 e. The molecule has 0 aliphatic rings. The molecule has 24 heavy (non-hydrogen) atoms. The SMILES string of the molecule is O=C(NCC#CCOc1cccc2cccnc12)c1ccccc1. The van der Waals surface area contributed by atoms with E-state index < -0.39 is 0 Å². The fourth-order valence-electron chi connectivity index (χ4n) is 2.24. The zero-order valence-corrected chi connectivity index (χ0v) is 13.0. The molecule has 3 aromatic rings. The summed E-state index contributed by atoms with van der Waals surface area (Å²) in [6.07, 6.45) is 1.74. The van der Waals surface area contributed by atoms with Gasteiger partial charge in [0.05, 0.1) is 6.54 Å². The summed E-state index contributed by atoms with van der Waals surface area (Å²) in [5.41, 5.74) is 1.44. The molecule has 0 atom stereocenters. The average molecular weight is 316 g/mol. The molecule has 0 saturated heterocycles. The Bertz CT molecular complexity index is 890. The lowest BCUT2D eigenvalue weighted by atomic mass is 10.2. The Balaban J connectivity index is 1.50. The summed E-state index contributed by atoms with van der Waals surface area (Å²) in [4.78, 5) is 16.1. The highest BCUT2D eigenvalue weighted by atomic mass is 16.5. The summed E-state index contributed by atoms with van der Waals surface area (Å²) in [5, 5.41) is 3.77. The predicted molar refractivity (Wildman–Crippen MR) is 93.8 cm³/mol. The van der Waals surface area contributed by atoms with Gasteiger partial charge >= 0.3 is 0 Å². The molecule has 1 heterocycles. The molecule has 4 heteroatoms. The Morgan fingerprint density at radius 2 is 1.83 bits per heavy atom. The number of rotatable bonds is 4. The molecule has 4 nitrogen and oxygen atoms in total. The third-order valence-electron chi connectivity index (χ3n) is 3.39. The van der Waals surface area contributed by atoms with Crippen LogP contribution in [0.3, 0.4) is 0 Å². The van der Waals surface area contributed by atoms with E-state index in [-0.39, 0.29) is 19.1 Å². The van der Waals surface area contributed by atoms with Crippen LogP contribution in [0, 0.1) is 11.8 Å². The third-order valence-corrected chi connectivity index (χ3v) is 3.39.